The van der Waals surface area contributed by atoms with E-state index in [1.54, 1.807) is 0 Å². The van der Waals surface area contributed by atoms with Crippen LogP contribution in [0.1, 0.15) is 98.3 Å². The zero-order valence-electron chi connectivity index (χ0n) is 17.5. The van der Waals surface area contributed by atoms with Gasteiger partial charge in [-0.3, -0.25) is 0 Å². The van der Waals surface area contributed by atoms with Gasteiger partial charge in [0, 0.05) is 12.5 Å². The second-order valence-electron chi connectivity index (χ2n) is 9.31. The minimum absolute atomic E-state index is 0.300. The zero-order valence-corrected chi connectivity index (χ0v) is 18.5. The van der Waals surface area contributed by atoms with Crippen molar-refractivity contribution in [2.75, 3.05) is 6.61 Å². The molecule has 24 heavy (non-hydrogen) atoms. The first-order valence-corrected chi connectivity index (χ1v) is 13.5. The third-order valence-corrected chi connectivity index (χ3v) is 10.4. The highest BCUT2D eigenvalue weighted by atomic mass is 28.4. The molecule has 0 saturated carbocycles. The van der Waals surface area contributed by atoms with E-state index < -0.39 is 8.32 Å². The number of ether oxygens (including phenoxy) is 1. The summed E-state index contributed by atoms with van der Waals surface area (Å²) < 4.78 is 12.2. The Bertz CT molecular complexity index is 318. The Balaban J connectivity index is 2.19. The molecule has 1 saturated heterocycles. The lowest BCUT2D eigenvalue weighted by atomic mass is 10.0. The van der Waals surface area contributed by atoms with Gasteiger partial charge in [-0.25, -0.2) is 0 Å². The molecule has 0 aromatic heterocycles. The average molecular weight is 357 g/mol. The van der Waals surface area contributed by atoms with E-state index in [1.165, 1.54) is 64.2 Å². The molecule has 1 heterocycles. The summed E-state index contributed by atoms with van der Waals surface area (Å²) in [5.41, 5.74) is 0. The number of hydrogen-bond acceptors (Lipinski definition) is 2. The van der Waals surface area contributed by atoms with Crippen LogP contribution in [0.4, 0.5) is 0 Å². The predicted octanol–water partition coefficient (Wildman–Crippen LogP) is 7.09. The third kappa shape index (κ3) is 9.58. The van der Waals surface area contributed by atoms with Crippen molar-refractivity contribution in [1.82, 2.24) is 0 Å². The predicted molar refractivity (Wildman–Crippen MR) is 108 cm³/mol. The molecule has 1 aliphatic rings. The van der Waals surface area contributed by atoms with Crippen LogP contribution in [0.15, 0.2) is 0 Å². The van der Waals surface area contributed by atoms with Crippen molar-refractivity contribution in [3.8, 4) is 0 Å². The van der Waals surface area contributed by atoms with E-state index in [2.05, 4.69) is 40.8 Å². The first-order chi connectivity index (χ1) is 11.3. The molecule has 0 unspecified atom stereocenters. The number of epoxide rings is 1. The van der Waals surface area contributed by atoms with Crippen molar-refractivity contribution in [2.45, 2.75) is 129 Å². The van der Waals surface area contributed by atoms with Crippen molar-refractivity contribution in [3.63, 3.8) is 0 Å². The van der Waals surface area contributed by atoms with Crippen LogP contribution >= 0.6 is 0 Å². The summed E-state index contributed by atoms with van der Waals surface area (Å²) in [5.74, 6) is 0. The summed E-state index contributed by atoms with van der Waals surface area (Å²) in [6, 6.07) is 0. The van der Waals surface area contributed by atoms with Crippen LogP contribution in [0.5, 0.6) is 0 Å². The van der Waals surface area contributed by atoms with E-state index in [9.17, 15) is 0 Å². The molecule has 144 valence electrons. The number of rotatable bonds is 14. The minimum atomic E-state index is -1.66. The first-order valence-electron chi connectivity index (χ1n) is 10.6. The molecule has 2 atom stereocenters. The highest BCUT2D eigenvalue weighted by Crippen LogP contribution is 2.38. The monoisotopic (exact) mass is 356 g/mol. The van der Waals surface area contributed by atoms with Crippen LogP contribution in [-0.2, 0) is 9.16 Å². The summed E-state index contributed by atoms with van der Waals surface area (Å²) in [6.07, 6.45) is 15.8. The summed E-state index contributed by atoms with van der Waals surface area (Å²) in [7, 11) is -1.66. The molecule has 0 radical (unpaired) electrons. The highest BCUT2D eigenvalue weighted by Gasteiger charge is 2.40. The second-order valence-corrected chi connectivity index (χ2v) is 14.1. The molecule has 1 rings (SSSR count). The largest absolute Gasteiger partial charge is 0.414 e. The Morgan fingerprint density at radius 3 is 1.92 bits per heavy atom. The standard InChI is InChI=1S/C21H44O2Si/c1-7-8-9-10-11-12-13-14-15-16-19(17-20-18-22-20)23-24(5,6)21(2,3)4/h19-20H,7-18H2,1-6H3/t19-,20-/m1/s1. The maximum Gasteiger partial charge on any atom is 0.192 e. The molecule has 0 aromatic carbocycles. The lowest BCUT2D eigenvalue weighted by molar-refractivity contribution is 0.146. The molecule has 0 spiro atoms. The molecule has 0 bridgehead atoms. The van der Waals surface area contributed by atoms with E-state index in [0.29, 0.717) is 17.2 Å². The molecular formula is C21H44O2Si. The molecule has 1 fully saturated rings. The fraction of sp³-hybridized carbons (Fsp3) is 1.00. The van der Waals surface area contributed by atoms with Crippen LogP contribution < -0.4 is 0 Å². The van der Waals surface area contributed by atoms with Crippen molar-refractivity contribution < 1.29 is 9.16 Å². The van der Waals surface area contributed by atoms with Crippen LogP contribution in [0.2, 0.25) is 18.1 Å². The third-order valence-electron chi connectivity index (χ3n) is 5.83. The van der Waals surface area contributed by atoms with Crippen molar-refractivity contribution in [3.05, 3.63) is 0 Å². The van der Waals surface area contributed by atoms with Crippen molar-refractivity contribution >= 4 is 8.32 Å². The summed E-state index contributed by atoms with van der Waals surface area (Å²) in [4.78, 5) is 0. The Hall–Kier alpha value is 0.137. The number of hydrogen-bond donors (Lipinski definition) is 0. The van der Waals surface area contributed by atoms with E-state index >= 15 is 0 Å². The summed E-state index contributed by atoms with van der Waals surface area (Å²) in [6.45, 7) is 15.0. The van der Waals surface area contributed by atoms with Gasteiger partial charge < -0.3 is 9.16 Å². The Morgan fingerprint density at radius 2 is 1.46 bits per heavy atom. The van der Waals surface area contributed by atoms with Crippen LogP contribution in [0.25, 0.3) is 0 Å². The summed E-state index contributed by atoms with van der Waals surface area (Å²) >= 11 is 0. The van der Waals surface area contributed by atoms with Gasteiger partial charge in [0.15, 0.2) is 8.32 Å². The fourth-order valence-corrected chi connectivity index (χ4v) is 4.40. The van der Waals surface area contributed by atoms with Gasteiger partial charge in [-0.2, -0.15) is 0 Å². The van der Waals surface area contributed by atoms with E-state index in [1.807, 2.05) is 0 Å². The molecule has 2 nitrogen and oxygen atoms in total. The van der Waals surface area contributed by atoms with Gasteiger partial charge in [0.05, 0.1) is 12.7 Å². The van der Waals surface area contributed by atoms with Gasteiger partial charge in [0.1, 0.15) is 0 Å². The van der Waals surface area contributed by atoms with Crippen LogP contribution in [0.3, 0.4) is 0 Å². The maximum atomic E-state index is 6.68. The van der Waals surface area contributed by atoms with Crippen molar-refractivity contribution in [1.29, 1.82) is 0 Å². The molecule has 0 N–H and O–H groups in total. The molecule has 0 aliphatic carbocycles. The first kappa shape index (κ1) is 22.2. The summed E-state index contributed by atoms with van der Waals surface area (Å²) in [5, 5.41) is 0.300. The number of unbranched alkanes of at least 4 members (excludes halogenated alkanes) is 8. The normalized spacial score (nSPS) is 19.5. The molecule has 3 heteroatoms. The van der Waals surface area contributed by atoms with Gasteiger partial charge in [0.2, 0.25) is 0 Å². The SMILES string of the molecule is CCCCCCCCCCC[C@H](C[C@@H]1CO1)O[Si](C)(C)C(C)(C)C. The van der Waals surface area contributed by atoms with E-state index in [4.69, 9.17) is 9.16 Å². The molecule has 1 aliphatic heterocycles. The lowest BCUT2D eigenvalue weighted by Crippen LogP contribution is -2.44. The smallest absolute Gasteiger partial charge is 0.192 e. The quantitative estimate of drug-likeness (QED) is 0.188. The Morgan fingerprint density at radius 1 is 0.958 bits per heavy atom. The molecule has 0 aromatic rings. The van der Waals surface area contributed by atoms with Gasteiger partial charge in [-0.1, -0.05) is 85.5 Å². The van der Waals surface area contributed by atoms with E-state index in [0.717, 1.165) is 13.0 Å². The highest BCUT2D eigenvalue weighted by molar-refractivity contribution is 6.74. The van der Waals surface area contributed by atoms with Gasteiger partial charge in [0.25, 0.3) is 0 Å². The Kier molecular flexibility index (Phi) is 10.1. The zero-order chi connectivity index (χ0) is 18.1. The van der Waals surface area contributed by atoms with Crippen LogP contribution in [-0.4, -0.2) is 27.1 Å². The molecule has 0 amide bonds. The van der Waals surface area contributed by atoms with E-state index in [-0.39, 0.29) is 0 Å². The average Bonchev–Trinajstić information content (AvgIpc) is 3.27. The lowest BCUT2D eigenvalue weighted by Gasteiger charge is -2.39. The maximum absolute atomic E-state index is 6.68. The second kappa shape index (κ2) is 11.0. The minimum Gasteiger partial charge on any atom is -0.414 e. The van der Waals surface area contributed by atoms with Gasteiger partial charge in [-0.15, -0.1) is 0 Å². The Labute approximate surface area is 153 Å². The van der Waals surface area contributed by atoms with Crippen molar-refractivity contribution in [2.24, 2.45) is 0 Å². The van der Waals surface area contributed by atoms with Gasteiger partial charge >= 0.3 is 0 Å². The van der Waals surface area contributed by atoms with Gasteiger partial charge in [-0.05, 0) is 24.6 Å². The topological polar surface area (TPSA) is 21.8 Å². The van der Waals surface area contributed by atoms with Crippen LogP contribution in [0, 0.1) is 0 Å². The molecular weight excluding hydrogens is 312 g/mol. The fourth-order valence-electron chi connectivity index (χ4n) is 3.00.